The lowest BCUT2D eigenvalue weighted by Crippen LogP contribution is -2.31. The zero-order chi connectivity index (χ0) is 13.8. The second-order valence-electron chi connectivity index (χ2n) is 5.58. The third kappa shape index (κ3) is 3.69. The van der Waals surface area contributed by atoms with Crippen molar-refractivity contribution in [3.63, 3.8) is 0 Å². The van der Waals surface area contributed by atoms with E-state index in [-0.39, 0.29) is 11.6 Å². The maximum atomic E-state index is 13.3. The number of halogens is 1. The number of carbonyl (C=O) groups is 1. The van der Waals surface area contributed by atoms with Crippen LogP contribution in [0.3, 0.4) is 0 Å². The number of hydrogen-bond donors (Lipinski definition) is 2. The van der Waals surface area contributed by atoms with E-state index in [0.717, 1.165) is 12.3 Å². The minimum Gasteiger partial charge on any atom is -0.396 e. The third-order valence-electron chi connectivity index (χ3n) is 3.86. The fourth-order valence-electron chi connectivity index (χ4n) is 2.75. The number of nitrogens with two attached hydrogens (primary N) is 1. The average molecular weight is 264 g/mol. The standard InChI is InChI=1S/C15H21FN2O/c1-10-3-2-4-11(7-10)9-18-15(19)12-5-6-14(17)13(16)8-12/h5-6,8,10-11H,2-4,7,9,17H2,1H3,(H,18,19). The molecule has 1 aliphatic carbocycles. The van der Waals surface area contributed by atoms with Crippen LogP contribution in [0.25, 0.3) is 0 Å². The van der Waals surface area contributed by atoms with E-state index in [1.807, 2.05) is 0 Å². The molecule has 1 aliphatic rings. The van der Waals surface area contributed by atoms with Crippen LogP contribution in [-0.4, -0.2) is 12.5 Å². The number of carbonyl (C=O) groups excluding carboxylic acids is 1. The van der Waals surface area contributed by atoms with Crippen LogP contribution in [0, 0.1) is 17.7 Å². The van der Waals surface area contributed by atoms with Gasteiger partial charge < -0.3 is 11.1 Å². The summed E-state index contributed by atoms with van der Waals surface area (Å²) in [5.41, 5.74) is 5.78. The summed E-state index contributed by atoms with van der Waals surface area (Å²) < 4.78 is 13.3. The Morgan fingerprint density at radius 1 is 1.47 bits per heavy atom. The topological polar surface area (TPSA) is 55.1 Å². The molecule has 0 heterocycles. The van der Waals surface area contributed by atoms with Crippen molar-refractivity contribution in [2.75, 3.05) is 12.3 Å². The molecule has 1 amide bonds. The van der Waals surface area contributed by atoms with Gasteiger partial charge >= 0.3 is 0 Å². The summed E-state index contributed by atoms with van der Waals surface area (Å²) in [6, 6.07) is 4.17. The van der Waals surface area contributed by atoms with Crippen LogP contribution in [0.5, 0.6) is 0 Å². The van der Waals surface area contributed by atoms with Crippen LogP contribution < -0.4 is 11.1 Å². The van der Waals surface area contributed by atoms with E-state index in [2.05, 4.69) is 12.2 Å². The molecule has 2 unspecified atom stereocenters. The molecule has 104 valence electrons. The molecule has 0 bridgehead atoms. The van der Waals surface area contributed by atoms with Crippen molar-refractivity contribution in [3.8, 4) is 0 Å². The van der Waals surface area contributed by atoms with Gasteiger partial charge in [0.2, 0.25) is 0 Å². The van der Waals surface area contributed by atoms with E-state index >= 15 is 0 Å². The number of benzene rings is 1. The van der Waals surface area contributed by atoms with Gasteiger partial charge in [-0.1, -0.05) is 19.8 Å². The fourth-order valence-corrected chi connectivity index (χ4v) is 2.75. The van der Waals surface area contributed by atoms with E-state index in [1.165, 1.54) is 31.4 Å². The first-order chi connectivity index (χ1) is 9.06. The molecule has 1 aromatic carbocycles. The Morgan fingerprint density at radius 2 is 2.26 bits per heavy atom. The molecule has 1 fully saturated rings. The van der Waals surface area contributed by atoms with Gasteiger partial charge in [-0.05, 0) is 42.9 Å². The zero-order valence-corrected chi connectivity index (χ0v) is 11.3. The monoisotopic (exact) mass is 264 g/mol. The second-order valence-corrected chi connectivity index (χ2v) is 5.58. The molecule has 4 heteroatoms. The molecule has 0 spiro atoms. The van der Waals surface area contributed by atoms with Crippen molar-refractivity contribution in [1.82, 2.24) is 5.32 Å². The molecule has 3 nitrogen and oxygen atoms in total. The number of amides is 1. The first-order valence-corrected chi connectivity index (χ1v) is 6.89. The fraction of sp³-hybridized carbons (Fsp3) is 0.533. The highest BCUT2D eigenvalue weighted by molar-refractivity contribution is 5.94. The van der Waals surface area contributed by atoms with Gasteiger partial charge in [0, 0.05) is 12.1 Å². The van der Waals surface area contributed by atoms with E-state index < -0.39 is 5.82 Å². The van der Waals surface area contributed by atoms with Crippen LogP contribution in [0.4, 0.5) is 10.1 Å². The maximum Gasteiger partial charge on any atom is 0.251 e. The molecule has 0 radical (unpaired) electrons. The molecule has 1 saturated carbocycles. The highest BCUT2D eigenvalue weighted by Gasteiger charge is 2.19. The van der Waals surface area contributed by atoms with E-state index in [4.69, 9.17) is 5.73 Å². The summed E-state index contributed by atoms with van der Waals surface area (Å²) in [7, 11) is 0. The quantitative estimate of drug-likeness (QED) is 0.825. The van der Waals surface area contributed by atoms with Gasteiger partial charge in [-0.3, -0.25) is 4.79 Å². The summed E-state index contributed by atoms with van der Waals surface area (Å²) in [5.74, 6) is 0.520. The summed E-state index contributed by atoms with van der Waals surface area (Å²) in [5, 5.41) is 2.89. The van der Waals surface area contributed by atoms with E-state index in [1.54, 1.807) is 6.07 Å². The minimum atomic E-state index is -0.543. The molecule has 2 rings (SSSR count). The van der Waals surface area contributed by atoms with Gasteiger partial charge in [-0.25, -0.2) is 4.39 Å². The third-order valence-corrected chi connectivity index (χ3v) is 3.86. The summed E-state index contributed by atoms with van der Waals surface area (Å²) in [4.78, 5) is 11.9. The van der Waals surface area contributed by atoms with Crippen molar-refractivity contribution < 1.29 is 9.18 Å². The molecule has 0 aliphatic heterocycles. The highest BCUT2D eigenvalue weighted by Crippen LogP contribution is 2.27. The second kappa shape index (κ2) is 6.04. The van der Waals surface area contributed by atoms with Gasteiger partial charge in [0.05, 0.1) is 5.69 Å². The lowest BCUT2D eigenvalue weighted by atomic mass is 9.82. The van der Waals surface area contributed by atoms with Gasteiger partial charge in [-0.15, -0.1) is 0 Å². The Hall–Kier alpha value is -1.58. The highest BCUT2D eigenvalue weighted by atomic mass is 19.1. The first kappa shape index (κ1) is 13.8. The number of hydrogen-bond acceptors (Lipinski definition) is 2. The predicted octanol–water partition coefficient (Wildman–Crippen LogP) is 2.96. The number of anilines is 1. The van der Waals surface area contributed by atoms with E-state index in [0.29, 0.717) is 18.0 Å². The van der Waals surface area contributed by atoms with Gasteiger partial charge in [0.25, 0.3) is 5.91 Å². The average Bonchev–Trinajstić information content (AvgIpc) is 2.39. The van der Waals surface area contributed by atoms with Crippen molar-refractivity contribution >= 4 is 11.6 Å². The summed E-state index contributed by atoms with van der Waals surface area (Å²) in [6.07, 6.45) is 4.85. The Kier molecular flexibility index (Phi) is 4.40. The number of rotatable bonds is 3. The lowest BCUT2D eigenvalue weighted by molar-refractivity contribution is 0.0940. The predicted molar refractivity (Wildman–Crippen MR) is 74.3 cm³/mol. The number of nitrogens with one attached hydrogen (secondary N) is 1. The lowest BCUT2D eigenvalue weighted by Gasteiger charge is -2.26. The van der Waals surface area contributed by atoms with Gasteiger partial charge in [0.15, 0.2) is 0 Å². The van der Waals surface area contributed by atoms with Crippen molar-refractivity contribution in [3.05, 3.63) is 29.6 Å². The normalized spacial score (nSPS) is 23.1. The van der Waals surface area contributed by atoms with Gasteiger partial charge in [-0.2, -0.15) is 0 Å². The summed E-state index contributed by atoms with van der Waals surface area (Å²) in [6.45, 7) is 2.93. The molecule has 0 aromatic heterocycles. The molecular weight excluding hydrogens is 243 g/mol. The maximum absolute atomic E-state index is 13.3. The Morgan fingerprint density at radius 3 is 2.95 bits per heavy atom. The Bertz CT molecular complexity index is 461. The van der Waals surface area contributed by atoms with Crippen molar-refractivity contribution in [1.29, 1.82) is 0 Å². The van der Waals surface area contributed by atoms with Crippen molar-refractivity contribution in [2.45, 2.75) is 32.6 Å². The molecule has 3 N–H and O–H groups in total. The van der Waals surface area contributed by atoms with E-state index in [9.17, 15) is 9.18 Å². The van der Waals surface area contributed by atoms with Crippen LogP contribution in [0.2, 0.25) is 0 Å². The van der Waals surface area contributed by atoms with Crippen LogP contribution in [0.15, 0.2) is 18.2 Å². The molecular formula is C15H21FN2O. The largest absolute Gasteiger partial charge is 0.396 e. The Balaban J connectivity index is 1.88. The minimum absolute atomic E-state index is 0.0673. The zero-order valence-electron chi connectivity index (χ0n) is 11.3. The smallest absolute Gasteiger partial charge is 0.251 e. The molecule has 2 atom stereocenters. The number of nitrogen functional groups attached to an aromatic ring is 1. The van der Waals surface area contributed by atoms with Crippen LogP contribution >= 0.6 is 0 Å². The molecule has 0 saturated heterocycles. The molecule has 19 heavy (non-hydrogen) atoms. The Labute approximate surface area is 113 Å². The van der Waals surface area contributed by atoms with Crippen LogP contribution in [0.1, 0.15) is 43.0 Å². The van der Waals surface area contributed by atoms with Gasteiger partial charge in [0.1, 0.15) is 5.82 Å². The summed E-state index contributed by atoms with van der Waals surface area (Å²) >= 11 is 0. The molecule has 1 aromatic rings. The van der Waals surface area contributed by atoms with Crippen LogP contribution in [-0.2, 0) is 0 Å². The SMILES string of the molecule is CC1CCCC(CNC(=O)c2ccc(N)c(F)c2)C1. The first-order valence-electron chi connectivity index (χ1n) is 6.89. The van der Waals surface area contributed by atoms with Crippen molar-refractivity contribution in [2.24, 2.45) is 11.8 Å².